The highest BCUT2D eigenvalue weighted by Crippen LogP contribution is 2.18. The zero-order valence-electron chi connectivity index (χ0n) is 12.7. The maximum absolute atomic E-state index is 12.8. The summed E-state index contributed by atoms with van der Waals surface area (Å²) in [5, 5.41) is 13.4. The van der Waals surface area contributed by atoms with Crippen LogP contribution in [0.15, 0.2) is 48.5 Å². The van der Waals surface area contributed by atoms with Crippen molar-refractivity contribution in [1.29, 1.82) is 0 Å². The van der Waals surface area contributed by atoms with Gasteiger partial charge in [-0.25, -0.2) is 4.39 Å². The van der Waals surface area contributed by atoms with E-state index in [1.54, 1.807) is 24.3 Å². The molecule has 0 heterocycles. The van der Waals surface area contributed by atoms with Gasteiger partial charge in [-0.1, -0.05) is 31.2 Å². The predicted octanol–water partition coefficient (Wildman–Crippen LogP) is 3.20. The van der Waals surface area contributed by atoms with Gasteiger partial charge >= 0.3 is 0 Å². The van der Waals surface area contributed by atoms with Crippen LogP contribution in [-0.2, 0) is 11.2 Å². The van der Waals surface area contributed by atoms with Gasteiger partial charge in [0.15, 0.2) is 0 Å². The molecule has 0 fully saturated rings. The van der Waals surface area contributed by atoms with Crippen molar-refractivity contribution in [3.8, 4) is 0 Å². The van der Waals surface area contributed by atoms with Crippen molar-refractivity contribution in [3.05, 3.63) is 75.6 Å². The third-order valence-electron chi connectivity index (χ3n) is 3.56. The molecular formula is C17H17FN2O3. The first-order valence-electron chi connectivity index (χ1n) is 7.21. The van der Waals surface area contributed by atoms with Gasteiger partial charge in [0.05, 0.1) is 11.3 Å². The van der Waals surface area contributed by atoms with Crippen molar-refractivity contribution in [2.24, 2.45) is 0 Å². The molecule has 120 valence electrons. The van der Waals surface area contributed by atoms with Crippen molar-refractivity contribution in [2.75, 3.05) is 6.54 Å². The van der Waals surface area contributed by atoms with Gasteiger partial charge in [0.25, 0.3) is 5.69 Å². The van der Waals surface area contributed by atoms with Crippen LogP contribution in [0.5, 0.6) is 0 Å². The molecule has 1 N–H and O–H groups in total. The van der Waals surface area contributed by atoms with E-state index < -0.39 is 4.92 Å². The summed E-state index contributed by atoms with van der Waals surface area (Å²) in [7, 11) is 0. The van der Waals surface area contributed by atoms with E-state index in [4.69, 9.17) is 0 Å². The number of amides is 1. The first-order chi connectivity index (χ1) is 11.0. The Labute approximate surface area is 133 Å². The van der Waals surface area contributed by atoms with Crippen LogP contribution in [0.4, 0.5) is 10.1 Å². The number of rotatable bonds is 6. The number of benzene rings is 2. The van der Waals surface area contributed by atoms with Gasteiger partial charge in [-0.2, -0.15) is 0 Å². The fourth-order valence-electron chi connectivity index (χ4n) is 2.16. The fourth-order valence-corrected chi connectivity index (χ4v) is 2.16. The van der Waals surface area contributed by atoms with Gasteiger partial charge in [0.2, 0.25) is 5.91 Å². The Morgan fingerprint density at radius 1 is 1.17 bits per heavy atom. The van der Waals surface area contributed by atoms with Crippen LogP contribution >= 0.6 is 0 Å². The Kier molecular flexibility index (Phi) is 5.41. The second-order valence-corrected chi connectivity index (χ2v) is 5.36. The van der Waals surface area contributed by atoms with Crippen LogP contribution in [0.2, 0.25) is 0 Å². The first kappa shape index (κ1) is 16.6. The van der Waals surface area contributed by atoms with Gasteiger partial charge in [-0.3, -0.25) is 14.9 Å². The number of halogens is 1. The lowest BCUT2D eigenvalue weighted by molar-refractivity contribution is -0.384. The Balaban J connectivity index is 1.85. The summed E-state index contributed by atoms with van der Waals surface area (Å²) in [6.07, 6.45) is 0.188. The van der Waals surface area contributed by atoms with Gasteiger partial charge in [0.1, 0.15) is 5.82 Å². The Morgan fingerprint density at radius 3 is 2.35 bits per heavy atom. The molecule has 2 aromatic rings. The van der Waals surface area contributed by atoms with E-state index in [1.165, 1.54) is 24.3 Å². The number of carbonyl (C=O) groups is 1. The number of hydrogen-bond acceptors (Lipinski definition) is 3. The van der Waals surface area contributed by atoms with Crippen molar-refractivity contribution >= 4 is 11.6 Å². The molecule has 0 aliphatic rings. The summed E-state index contributed by atoms with van der Waals surface area (Å²) in [5.41, 5.74) is 1.70. The molecule has 1 amide bonds. The van der Waals surface area contributed by atoms with Gasteiger partial charge in [-0.15, -0.1) is 0 Å². The third kappa shape index (κ3) is 4.88. The standard InChI is InChI=1S/C17H17FN2O3/c1-12(14-4-8-16(9-5-14)20(22)23)11-19-17(21)10-13-2-6-15(18)7-3-13/h2-9,12H,10-11H2,1H3,(H,19,21). The quantitative estimate of drug-likeness (QED) is 0.657. The number of carbonyl (C=O) groups excluding carboxylic acids is 1. The molecule has 0 bridgehead atoms. The second-order valence-electron chi connectivity index (χ2n) is 5.36. The van der Waals surface area contributed by atoms with Gasteiger partial charge in [0, 0.05) is 18.7 Å². The summed E-state index contributed by atoms with van der Waals surface area (Å²) >= 11 is 0. The van der Waals surface area contributed by atoms with Crippen molar-refractivity contribution in [1.82, 2.24) is 5.32 Å². The highest BCUT2D eigenvalue weighted by atomic mass is 19.1. The van der Waals surface area contributed by atoms with E-state index in [0.29, 0.717) is 6.54 Å². The molecule has 1 atom stereocenters. The van der Waals surface area contributed by atoms with E-state index >= 15 is 0 Å². The van der Waals surface area contributed by atoms with E-state index in [9.17, 15) is 19.3 Å². The summed E-state index contributed by atoms with van der Waals surface area (Å²) in [4.78, 5) is 22.1. The molecule has 0 saturated carbocycles. The van der Waals surface area contributed by atoms with E-state index in [2.05, 4.69) is 5.32 Å². The number of hydrogen-bond donors (Lipinski definition) is 1. The zero-order chi connectivity index (χ0) is 16.8. The molecule has 2 rings (SSSR count). The van der Waals surface area contributed by atoms with Crippen LogP contribution in [0.25, 0.3) is 0 Å². The topological polar surface area (TPSA) is 72.2 Å². The second kappa shape index (κ2) is 7.49. The minimum absolute atomic E-state index is 0.0352. The number of nitrogens with zero attached hydrogens (tertiary/aromatic N) is 1. The SMILES string of the molecule is CC(CNC(=O)Cc1ccc(F)cc1)c1ccc([N+](=O)[O-])cc1. The number of nitrogens with one attached hydrogen (secondary N) is 1. The zero-order valence-corrected chi connectivity index (χ0v) is 12.7. The van der Waals surface area contributed by atoms with Gasteiger partial charge < -0.3 is 5.32 Å². The smallest absolute Gasteiger partial charge is 0.269 e. The Bertz CT molecular complexity index is 684. The molecule has 0 aromatic heterocycles. The summed E-state index contributed by atoms with van der Waals surface area (Å²) in [5.74, 6) is -0.445. The number of nitro groups is 1. The van der Waals surface area contributed by atoms with Crippen molar-refractivity contribution in [3.63, 3.8) is 0 Å². The van der Waals surface area contributed by atoms with Crippen molar-refractivity contribution in [2.45, 2.75) is 19.3 Å². The van der Waals surface area contributed by atoms with E-state index in [0.717, 1.165) is 11.1 Å². The molecule has 6 heteroatoms. The first-order valence-corrected chi connectivity index (χ1v) is 7.21. The molecule has 0 radical (unpaired) electrons. The largest absolute Gasteiger partial charge is 0.355 e. The van der Waals surface area contributed by atoms with E-state index in [1.807, 2.05) is 6.92 Å². The summed E-state index contributed by atoms with van der Waals surface area (Å²) < 4.78 is 12.8. The molecule has 0 spiro atoms. The predicted molar refractivity (Wildman–Crippen MR) is 84.6 cm³/mol. The molecule has 23 heavy (non-hydrogen) atoms. The number of non-ortho nitro benzene ring substituents is 1. The highest BCUT2D eigenvalue weighted by Gasteiger charge is 2.11. The average molecular weight is 316 g/mol. The minimum Gasteiger partial charge on any atom is -0.355 e. The molecular weight excluding hydrogens is 299 g/mol. The summed E-state index contributed by atoms with van der Waals surface area (Å²) in [6, 6.07) is 12.1. The lowest BCUT2D eigenvalue weighted by Gasteiger charge is -2.13. The molecule has 1 unspecified atom stereocenters. The lowest BCUT2D eigenvalue weighted by Crippen LogP contribution is -2.28. The van der Waals surface area contributed by atoms with Crippen LogP contribution in [0.3, 0.4) is 0 Å². The molecule has 0 aliphatic heterocycles. The Morgan fingerprint density at radius 2 is 1.78 bits per heavy atom. The minimum atomic E-state index is -0.446. The normalized spacial score (nSPS) is 11.7. The lowest BCUT2D eigenvalue weighted by atomic mass is 10.0. The van der Waals surface area contributed by atoms with Crippen LogP contribution < -0.4 is 5.32 Å². The highest BCUT2D eigenvalue weighted by molar-refractivity contribution is 5.78. The number of nitro benzene ring substituents is 1. The van der Waals surface area contributed by atoms with Crippen molar-refractivity contribution < 1.29 is 14.1 Å². The monoisotopic (exact) mass is 316 g/mol. The fraction of sp³-hybridized carbons (Fsp3) is 0.235. The maximum Gasteiger partial charge on any atom is 0.269 e. The van der Waals surface area contributed by atoms with E-state index in [-0.39, 0.29) is 29.8 Å². The molecule has 0 aliphatic carbocycles. The third-order valence-corrected chi connectivity index (χ3v) is 3.56. The van der Waals surface area contributed by atoms with Gasteiger partial charge in [-0.05, 0) is 29.2 Å². The average Bonchev–Trinajstić information content (AvgIpc) is 2.55. The molecule has 5 nitrogen and oxygen atoms in total. The van der Waals surface area contributed by atoms with Crippen LogP contribution in [-0.4, -0.2) is 17.4 Å². The Hall–Kier alpha value is -2.76. The molecule has 2 aromatic carbocycles. The van der Waals surface area contributed by atoms with Crippen LogP contribution in [0, 0.1) is 15.9 Å². The summed E-state index contributed by atoms with van der Waals surface area (Å²) in [6.45, 7) is 2.36. The van der Waals surface area contributed by atoms with Crippen LogP contribution in [0.1, 0.15) is 24.0 Å². The molecule has 0 saturated heterocycles. The maximum atomic E-state index is 12.8.